The zero-order valence-corrected chi connectivity index (χ0v) is 18.8. The van der Waals surface area contributed by atoms with E-state index in [0.29, 0.717) is 17.0 Å². The van der Waals surface area contributed by atoms with Gasteiger partial charge in [0.2, 0.25) is 5.28 Å². The predicted molar refractivity (Wildman–Crippen MR) is 122 cm³/mol. The molecule has 0 fully saturated rings. The van der Waals surface area contributed by atoms with Crippen LogP contribution in [0.5, 0.6) is 0 Å². The minimum Gasteiger partial charge on any atom is -0.294 e. The molecule has 8 heteroatoms. The van der Waals surface area contributed by atoms with E-state index < -0.39 is 23.0 Å². The Morgan fingerprint density at radius 3 is 2.47 bits per heavy atom. The number of nitrogens with zero attached hydrogens (tertiary/aromatic N) is 3. The highest BCUT2D eigenvalue weighted by atomic mass is 35.5. The number of aromatic nitrogens is 3. The molecule has 0 amide bonds. The van der Waals surface area contributed by atoms with Gasteiger partial charge in [0, 0.05) is 24.1 Å². The Kier molecular flexibility index (Phi) is 6.39. The van der Waals surface area contributed by atoms with Crippen LogP contribution in [0.3, 0.4) is 0 Å². The van der Waals surface area contributed by atoms with E-state index in [0.717, 1.165) is 27.6 Å². The molecular weight excluding hydrogens is 452 g/mol. The van der Waals surface area contributed by atoms with E-state index in [9.17, 15) is 13.6 Å². The van der Waals surface area contributed by atoms with E-state index in [-0.39, 0.29) is 17.6 Å². The molecule has 0 aliphatic rings. The van der Waals surface area contributed by atoms with Crippen LogP contribution in [0.2, 0.25) is 5.28 Å². The van der Waals surface area contributed by atoms with Crippen molar-refractivity contribution < 1.29 is 13.6 Å². The van der Waals surface area contributed by atoms with Gasteiger partial charge in [0.1, 0.15) is 11.6 Å². The van der Waals surface area contributed by atoms with Crippen LogP contribution in [-0.2, 0) is 6.42 Å². The molecule has 162 valence electrons. The maximum Gasteiger partial charge on any atom is 0.222 e. The fourth-order valence-corrected chi connectivity index (χ4v) is 4.49. The van der Waals surface area contributed by atoms with Gasteiger partial charge in [-0.25, -0.2) is 23.7 Å². The lowest BCUT2D eigenvalue weighted by atomic mass is 9.99. The molecule has 4 aromatic rings. The number of hydrogen-bond acceptors (Lipinski definition) is 5. The van der Waals surface area contributed by atoms with Crippen molar-refractivity contribution in [2.75, 3.05) is 0 Å². The lowest BCUT2D eigenvalue weighted by molar-refractivity contribution is 0.0985. The number of thiazole rings is 1. The van der Waals surface area contributed by atoms with E-state index in [1.807, 2.05) is 12.1 Å². The molecule has 2 aromatic carbocycles. The molecule has 2 aromatic heterocycles. The van der Waals surface area contributed by atoms with E-state index in [1.165, 1.54) is 17.4 Å². The number of hydrogen-bond donors (Lipinski definition) is 0. The summed E-state index contributed by atoms with van der Waals surface area (Å²) in [7, 11) is 0. The summed E-state index contributed by atoms with van der Waals surface area (Å²) in [6.07, 6.45) is 1.45. The summed E-state index contributed by atoms with van der Waals surface area (Å²) >= 11 is 7.51. The standard InChI is InChI=1S/C24H18ClF2N3OS/c1-13(2)23-30-21(22(32-23)18-9-10-28-24(25)29-18)15-6-3-5-14(11-15)12-19(31)20-16(26)7-4-8-17(20)27/h3-11,13H,12H2,1-2H3. The number of carbonyl (C=O) groups is 1. The van der Waals surface area contributed by atoms with Gasteiger partial charge in [0.25, 0.3) is 0 Å². The number of benzene rings is 2. The second-order valence-corrected chi connectivity index (χ2v) is 8.86. The molecule has 0 saturated carbocycles. The molecule has 0 N–H and O–H groups in total. The average Bonchev–Trinajstić information content (AvgIpc) is 3.20. The third-order valence-electron chi connectivity index (χ3n) is 4.80. The highest BCUT2D eigenvalue weighted by molar-refractivity contribution is 7.15. The maximum absolute atomic E-state index is 14.0. The van der Waals surface area contributed by atoms with Gasteiger partial charge in [0.15, 0.2) is 5.78 Å². The summed E-state index contributed by atoms with van der Waals surface area (Å²) in [6, 6.07) is 12.4. The van der Waals surface area contributed by atoms with Crippen LogP contribution in [-0.4, -0.2) is 20.7 Å². The van der Waals surface area contributed by atoms with Gasteiger partial charge in [0.05, 0.1) is 26.8 Å². The van der Waals surface area contributed by atoms with Crippen LogP contribution in [0.4, 0.5) is 8.78 Å². The van der Waals surface area contributed by atoms with Crippen molar-refractivity contribution in [2.24, 2.45) is 0 Å². The largest absolute Gasteiger partial charge is 0.294 e. The fourth-order valence-electron chi connectivity index (χ4n) is 3.28. The van der Waals surface area contributed by atoms with Crippen molar-refractivity contribution in [3.63, 3.8) is 0 Å². The Labute approximate surface area is 193 Å². The third-order valence-corrected chi connectivity index (χ3v) is 6.36. The fraction of sp³-hybridized carbons (Fsp3) is 0.167. The summed E-state index contributed by atoms with van der Waals surface area (Å²) in [4.78, 5) is 26.5. The Balaban J connectivity index is 1.73. The van der Waals surface area contributed by atoms with Gasteiger partial charge in [-0.3, -0.25) is 4.79 Å². The van der Waals surface area contributed by atoms with Crippen LogP contribution < -0.4 is 0 Å². The second-order valence-electron chi connectivity index (χ2n) is 7.49. The lowest BCUT2D eigenvalue weighted by Crippen LogP contribution is -2.09. The zero-order valence-electron chi connectivity index (χ0n) is 17.3. The van der Waals surface area contributed by atoms with E-state index in [2.05, 4.69) is 23.8 Å². The van der Waals surface area contributed by atoms with Crippen molar-refractivity contribution >= 4 is 28.7 Å². The van der Waals surface area contributed by atoms with Gasteiger partial charge >= 0.3 is 0 Å². The first-order valence-corrected chi connectivity index (χ1v) is 11.1. The lowest BCUT2D eigenvalue weighted by Gasteiger charge is -2.07. The monoisotopic (exact) mass is 469 g/mol. The molecule has 0 bridgehead atoms. The zero-order chi connectivity index (χ0) is 22.8. The van der Waals surface area contributed by atoms with Gasteiger partial charge in [-0.2, -0.15) is 0 Å². The summed E-state index contributed by atoms with van der Waals surface area (Å²) in [5.41, 5.74) is 2.24. The molecule has 0 unspecified atom stereocenters. The smallest absolute Gasteiger partial charge is 0.222 e. The molecule has 0 atom stereocenters. The minimum absolute atomic E-state index is 0.137. The Hall–Kier alpha value is -3.03. The van der Waals surface area contributed by atoms with Gasteiger partial charge in [-0.15, -0.1) is 11.3 Å². The van der Waals surface area contributed by atoms with Gasteiger partial charge in [-0.05, 0) is 41.4 Å². The Morgan fingerprint density at radius 1 is 1.06 bits per heavy atom. The van der Waals surface area contributed by atoms with Crippen LogP contribution >= 0.6 is 22.9 Å². The van der Waals surface area contributed by atoms with E-state index in [1.54, 1.807) is 24.4 Å². The number of halogens is 3. The van der Waals surface area contributed by atoms with Crippen molar-refractivity contribution in [1.29, 1.82) is 0 Å². The molecule has 32 heavy (non-hydrogen) atoms. The SMILES string of the molecule is CC(C)c1nc(-c2cccc(CC(=O)c3c(F)cccc3F)c2)c(-c2ccnc(Cl)n2)s1. The highest BCUT2D eigenvalue weighted by Crippen LogP contribution is 2.38. The molecule has 0 spiro atoms. The van der Waals surface area contributed by atoms with Crippen LogP contribution in [0, 0.1) is 11.6 Å². The third kappa shape index (κ3) is 4.59. The maximum atomic E-state index is 14.0. The van der Waals surface area contributed by atoms with Crippen molar-refractivity contribution in [3.05, 3.63) is 87.8 Å². The second kappa shape index (κ2) is 9.22. The Bertz CT molecular complexity index is 1290. The van der Waals surface area contributed by atoms with Gasteiger partial charge in [-0.1, -0.05) is 38.1 Å². The van der Waals surface area contributed by atoms with Crippen LogP contribution in [0.1, 0.15) is 40.7 Å². The predicted octanol–water partition coefficient (Wildman–Crippen LogP) is 6.75. The van der Waals surface area contributed by atoms with Crippen molar-refractivity contribution in [2.45, 2.75) is 26.2 Å². The summed E-state index contributed by atoms with van der Waals surface area (Å²) in [6.45, 7) is 4.11. The summed E-state index contributed by atoms with van der Waals surface area (Å²) in [5, 5.41) is 1.07. The first kappa shape index (κ1) is 22.2. The molecule has 4 nitrogen and oxygen atoms in total. The number of carbonyl (C=O) groups excluding carboxylic acids is 1. The number of Topliss-reactive ketones (excluding diaryl/α,β-unsaturated/α-hetero) is 1. The van der Waals surface area contributed by atoms with Crippen LogP contribution in [0.15, 0.2) is 54.7 Å². The molecule has 0 aliphatic carbocycles. The normalized spacial score (nSPS) is 11.2. The number of ketones is 1. The molecule has 2 heterocycles. The molecule has 4 rings (SSSR count). The van der Waals surface area contributed by atoms with Gasteiger partial charge < -0.3 is 0 Å². The minimum atomic E-state index is -0.866. The number of rotatable bonds is 6. The Morgan fingerprint density at radius 2 is 1.78 bits per heavy atom. The van der Waals surface area contributed by atoms with Crippen molar-refractivity contribution in [3.8, 4) is 21.8 Å². The molecule has 0 saturated heterocycles. The molecular formula is C24H18ClF2N3OS. The van der Waals surface area contributed by atoms with E-state index in [4.69, 9.17) is 16.6 Å². The molecule has 0 aliphatic heterocycles. The van der Waals surface area contributed by atoms with E-state index >= 15 is 0 Å². The first-order chi connectivity index (χ1) is 15.3. The van der Waals surface area contributed by atoms with Crippen LogP contribution in [0.25, 0.3) is 21.8 Å². The first-order valence-electron chi connectivity index (χ1n) is 9.89. The van der Waals surface area contributed by atoms with Crippen molar-refractivity contribution in [1.82, 2.24) is 15.0 Å². The topological polar surface area (TPSA) is 55.7 Å². The highest BCUT2D eigenvalue weighted by Gasteiger charge is 2.20. The summed E-state index contributed by atoms with van der Waals surface area (Å²) < 4.78 is 28.0. The summed E-state index contributed by atoms with van der Waals surface area (Å²) in [5.74, 6) is -2.15. The molecule has 0 radical (unpaired) electrons. The quantitative estimate of drug-likeness (QED) is 0.231. The average molecular weight is 470 g/mol.